The van der Waals surface area contributed by atoms with Crippen LogP contribution in [0.15, 0.2) is 0 Å². The predicted octanol–water partition coefficient (Wildman–Crippen LogP) is 1.21. The van der Waals surface area contributed by atoms with Crippen molar-refractivity contribution in [1.29, 1.82) is 0 Å². The molecule has 0 spiro atoms. The summed E-state index contributed by atoms with van der Waals surface area (Å²) in [5.74, 6) is -0.199. The summed E-state index contributed by atoms with van der Waals surface area (Å²) in [5.41, 5.74) is -0.576. The van der Waals surface area contributed by atoms with E-state index in [9.17, 15) is 9.59 Å². The molecule has 118 valence electrons. The molecule has 6 heteroatoms. The van der Waals surface area contributed by atoms with E-state index in [0.29, 0.717) is 6.54 Å². The molecule has 0 saturated heterocycles. The first-order valence-electron chi connectivity index (χ1n) is 6.95. The Morgan fingerprint density at radius 2 is 1.75 bits per heavy atom. The molecule has 0 aliphatic heterocycles. The summed E-state index contributed by atoms with van der Waals surface area (Å²) in [4.78, 5) is 25.8. The summed E-state index contributed by atoms with van der Waals surface area (Å²) in [6.07, 6.45) is -0.570. The quantitative estimate of drug-likeness (QED) is 0.770. The molecule has 0 fully saturated rings. The first kappa shape index (κ1) is 18.7. The highest BCUT2D eigenvalue weighted by Gasteiger charge is 2.26. The van der Waals surface area contributed by atoms with Crippen molar-refractivity contribution in [3.05, 3.63) is 0 Å². The molecule has 0 aromatic heterocycles. The Morgan fingerprint density at radius 1 is 1.20 bits per heavy atom. The zero-order valence-corrected chi connectivity index (χ0v) is 13.7. The van der Waals surface area contributed by atoms with Crippen LogP contribution in [0.25, 0.3) is 0 Å². The highest BCUT2D eigenvalue weighted by molar-refractivity contribution is 5.85. The molecule has 0 aliphatic rings. The normalized spacial score (nSPS) is 13.2. The number of alkyl carbamates (subject to hydrolysis) is 1. The molecular weight excluding hydrogens is 258 g/mol. The van der Waals surface area contributed by atoms with Gasteiger partial charge < -0.3 is 20.3 Å². The van der Waals surface area contributed by atoms with E-state index in [0.717, 1.165) is 6.54 Å². The van der Waals surface area contributed by atoms with Crippen LogP contribution in [0.1, 0.15) is 34.6 Å². The molecule has 0 radical (unpaired) electrons. The summed E-state index contributed by atoms with van der Waals surface area (Å²) in [6.45, 7) is 10.4. The van der Waals surface area contributed by atoms with Crippen molar-refractivity contribution in [3.63, 3.8) is 0 Å². The second kappa shape index (κ2) is 8.09. The minimum Gasteiger partial charge on any atom is -0.444 e. The van der Waals surface area contributed by atoms with E-state index >= 15 is 0 Å². The minimum absolute atomic E-state index is 0.0122. The molecule has 2 amide bonds. The number of hydrogen-bond donors (Lipinski definition) is 2. The fourth-order valence-electron chi connectivity index (χ4n) is 1.48. The lowest BCUT2D eigenvalue weighted by atomic mass is 10.0. The van der Waals surface area contributed by atoms with Crippen molar-refractivity contribution in [2.75, 3.05) is 27.2 Å². The summed E-state index contributed by atoms with van der Waals surface area (Å²) in [5, 5.41) is 5.44. The van der Waals surface area contributed by atoms with Gasteiger partial charge in [0.2, 0.25) is 5.91 Å². The second-order valence-electron chi connectivity index (χ2n) is 6.46. The van der Waals surface area contributed by atoms with Crippen LogP contribution >= 0.6 is 0 Å². The van der Waals surface area contributed by atoms with E-state index in [1.165, 1.54) is 0 Å². The first-order chi connectivity index (χ1) is 9.03. The van der Waals surface area contributed by atoms with Crippen LogP contribution in [0.4, 0.5) is 4.79 Å². The molecule has 0 aliphatic carbocycles. The fourth-order valence-corrected chi connectivity index (χ4v) is 1.48. The van der Waals surface area contributed by atoms with E-state index in [1.54, 1.807) is 20.8 Å². The van der Waals surface area contributed by atoms with Crippen LogP contribution < -0.4 is 10.6 Å². The molecule has 2 N–H and O–H groups in total. The average molecular weight is 287 g/mol. The number of rotatable bonds is 6. The van der Waals surface area contributed by atoms with Crippen molar-refractivity contribution in [2.24, 2.45) is 5.92 Å². The minimum atomic E-state index is -0.591. The predicted molar refractivity (Wildman–Crippen MR) is 79.6 cm³/mol. The van der Waals surface area contributed by atoms with Crippen molar-refractivity contribution in [2.45, 2.75) is 46.3 Å². The maximum absolute atomic E-state index is 12.1. The van der Waals surface area contributed by atoms with E-state index in [2.05, 4.69) is 10.6 Å². The highest BCUT2D eigenvalue weighted by atomic mass is 16.6. The van der Waals surface area contributed by atoms with Gasteiger partial charge in [-0.05, 0) is 40.8 Å². The maximum Gasteiger partial charge on any atom is 0.408 e. The van der Waals surface area contributed by atoms with Crippen LogP contribution in [0.2, 0.25) is 0 Å². The lowest BCUT2D eigenvalue weighted by Crippen LogP contribution is -2.51. The number of carbonyl (C=O) groups excluding carboxylic acids is 2. The highest BCUT2D eigenvalue weighted by Crippen LogP contribution is 2.08. The monoisotopic (exact) mass is 287 g/mol. The summed E-state index contributed by atoms with van der Waals surface area (Å²) >= 11 is 0. The van der Waals surface area contributed by atoms with E-state index in [4.69, 9.17) is 4.74 Å². The zero-order chi connectivity index (χ0) is 15.9. The molecular formula is C14H29N3O3. The van der Waals surface area contributed by atoms with Crippen LogP contribution in [0.3, 0.4) is 0 Å². The average Bonchev–Trinajstić information content (AvgIpc) is 2.22. The van der Waals surface area contributed by atoms with Gasteiger partial charge >= 0.3 is 6.09 Å². The van der Waals surface area contributed by atoms with Gasteiger partial charge in [-0.2, -0.15) is 0 Å². The standard InChI is InChI=1S/C14H29N3O3/c1-10(2)11(12(18)15-8-9-17(6)7)16-13(19)20-14(3,4)5/h10-11H,8-9H2,1-7H3,(H,15,18)(H,16,19). The van der Waals surface area contributed by atoms with E-state index < -0.39 is 17.7 Å². The molecule has 0 aromatic rings. The molecule has 1 unspecified atom stereocenters. The molecule has 0 heterocycles. The number of ether oxygens (including phenoxy) is 1. The third-order valence-electron chi connectivity index (χ3n) is 2.48. The molecule has 20 heavy (non-hydrogen) atoms. The molecule has 0 aromatic carbocycles. The van der Waals surface area contributed by atoms with Crippen LogP contribution in [0.5, 0.6) is 0 Å². The topological polar surface area (TPSA) is 70.7 Å². The van der Waals surface area contributed by atoms with Gasteiger partial charge in [0.15, 0.2) is 0 Å². The van der Waals surface area contributed by atoms with Gasteiger partial charge in [0.05, 0.1) is 0 Å². The Kier molecular flexibility index (Phi) is 7.57. The first-order valence-corrected chi connectivity index (χ1v) is 6.95. The molecule has 1 atom stereocenters. The van der Waals surface area contributed by atoms with Crippen molar-refractivity contribution in [3.8, 4) is 0 Å². The number of amides is 2. The van der Waals surface area contributed by atoms with Gasteiger partial charge in [-0.1, -0.05) is 13.8 Å². The van der Waals surface area contributed by atoms with Gasteiger partial charge in [0, 0.05) is 13.1 Å². The van der Waals surface area contributed by atoms with Crippen LogP contribution in [-0.4, -0.2) is 55.7 Å². The van der Waals surface area contributed by atoms with Crippen molar-refractivity contribution >= 4 is 12.0 Å². The fraction of sp³-hybridized carbons (Fsp3) is 0.857. The molecule has 0 saturated carbocycles. The van der Waals surface area contributed by atoms with Crippen LogP contribution in [0, 0.1) is 5.92 Å². The number of likely N-dealkylation sites (N-methyl/N-ethyl adjacent to an activating group) is 1. The van der Waals surface area contributed by atoms with Gasteiger partial charge in [0.25, 0.3) is 0 Å². The maximum atomic E-state index is 12.1. The Morgan fingerprint density at radius 3 is 2.15 bits per heavy atom. The van der Waals surface area contributed by atoms with Crippen molar-refractivity contribution < 1.29 is 14.3 Å². The Hall–Kier alpha value is -1.30. The number of hydrogen-bond acceptors (Lipinski definition) is 4. The second-order valence-corrected chi connectivity index (χ2v) is 6.46. The lowest BCUT2D eigenvalue weighted by molar-refractivity contribution is -0.124. The smallest absolute Gasteiger partial charge is 0.408 e. The third-order valence-corrected chi connectivity index (χ3v) is 2.48. The largest absolute Gasteiger partial charge is 0.444 e. The van der Waals surface area contributed by atoms with Gasteiger partial charge in [0.1, 0.15) is 11.6 Å². The van der Waals surface area contributed by atoms with Gasteiger partial charge in [-0.25, -0.2) is 4.79 Å². The lowest BCUT2D eigenvalue weighted by Gasteiger charge is -2.25. The Balaban J connectivity index is 4.42. The molecule has 6 nitrogen and oxygen atoms in total. The molecule has 0 rings (SSSR count). The number of nitrogens with one attached hydrogen (secondary N) is 2. The Bertz CT molecular complexity index is 322. The summed E-state index contributed by atoms with van der Waals surface area (Å²) in [6, 6.07) is -0.591. The number of nitrogens with zero attached hydrogens (tertiary/aromatic N) is 1. The summed E-state index contributed by atoms with van der Waals surface area (Å²) in [7, 11) is 3.87. The van der Waals surface area contributed by atoms with Gasteiger partial charge in [-0.3, -0.25) is 4.79 Å². The zero-order valence-electron chi connectivity index (χ0n) is 13.7. The third kappa shape index (κ3) is 8.74. The van der Waals surface area contributed by atoms with Gasteiger partial charge in [-0.15, -0.1) is 0 Å². The van der Waals surface area contributed by atoms with Crippen molar-refractivity contribution in [1.82, 2.24) is 15.5 Å². The molecule has 0 bridgehead atoms. The van der Waals surface area contributed by atoms with E-state index in [-0.39, 0.29) is 11.8 Å². The van der Waals surface area contributed by atoms with Crippen LogP contribution in [-0.2, 0) is 9.53 Å². The number of carbonyl (C=O) groups is 2. The summed E-state index contributed by atoms with van der Waals surface area (Å²) < 4.78 is 5.17. The SMILES string of the molecule is CC(C)C(NC(=O)OC(C)(C)C)C(=O)NCCN(C)C. The Labute approximate surface area is 122 Å². The van der Waals surface area contributed by atoms with E-state index in [1.807, 2.05) is 32.8 Å².